The summed E-state index contributed by atoms with van der Waals surface area (Å²) in [6.07, 6.45) is 6.37. The van der Waals surface area contributed by atoms with Crippen molar-refractivity contribution in [3.05, 3.63) is 0 Å². The summed E-state index contributed by atoms with van der Waals surface area (Å²) in [6.45, 7) is 13.4. The number of carbonyl (C=O) groups is 1. The van der Waals surface area contributed by atoms with Gasteiger partial charge in [0.05, 0.1) is 12.2 Å². The van der Waals surface area contributed by atoms with Crippen LogP contribution in [0.25, 0.3) is 0 Å². The van der Waals surface area contributed by atoms with Crippen LogP contribution in [0.5, 0.6) is 0 Å². The van der Waals surface area contributed by atoms with Gasteiger partial charge in [-0.05, 0) is 36.5 Å². The van der Waals surface area contributed by atoms with Crippen LogP contribution in [-0.4, -0.2) is 24.8 Å². The smallest absolute Gasteiger partial charge is 0.302 e. The molecule has 1 aliphatic heterocycles. The van der Waals surface area contributed by atoms with Gasteiger partial charge in [-0.2, -0.15) is 0 Å². The molecule has 3 nitrogen and oxygen atoms in total. The monoisotopic (exact) mass is 312 g/mol. The average molecular weight is 312 g/mol. The Morgan fingerprint density at radius 3 is 2.50 bits per heavy atom. The average Bonchev–Trinajstić information content (AvgIpc) is 2.57. The molecule has 1 aliphatic rings. The van der Waals surface area contributed by atoms with Crippen LogP contribution in [0.15, 0.2) is 0 Å². The van der Waals surface area contributed by atoms with Gasteiger partial charge < -0.3 is 9.47 Å². The Labute approximate surface area is 137 Å². The second-order valence-electron chi connectivity index (χ2n) is 7.43. The van der Waals surface area contributed by atoms with Crippen LogP contribution in [-0.2, 0) is 14.3 Å². The summed E-state index contributed by atoms with van der Waals surface area (Å²) in [5.74, 6) is 2.14. The van der Waals surface area contributed by atoms with Crippen molar-refractivity contribution in [2.45, 2.75) is 85.9 Å². The Bertz CT molecular complexity index is 329. The number of hydrogen-bond donors (Lipinski definition) is 0. The molecule has 0 N–H and O–H groups in total. The van der Waals surface area contributed by atoms with Crippen LogP contribution in [0, 0.1) is 23.7 Å². The minimum absolute atomic E-state index is 0.0462. The third-order valence-electron chi connectivity index (χ3n) is 5.53. The lowest BCUT2D eigenvalue weighted by Crippen LogP contribution is -2.35. The maximum atomic E-state index is 11.1. The SMILES string of the molecule is CCCCCC(C)C1OC(COC(C)=O)CC(C)C(C)C1C. The summed E-state index contributed by atoms with van der Waals surface area (Å²) in [5.41, 5.74) is 0. The van der Waals surface area contributed by atoms with E-state index in [1.54, 1.807) is 0 Å². The Morgan fingerprint density at radius 2 is 1.91 bits per heavy atom. The molecule has 1 rings (SSSR count). The van der Waals surface area contributed by atoms with Crippen LogP contribution in [0.2, 0.25) is 0 Å². The first kappa shape index (κ1) is 19.5. The van der Waals surface area contributed by atoms with E-state index in [2.05, 4.69) is 34.6 Å². The normalized spacial score (nSPS) is 34.0. The highest BCUT2D eigenvalue weighted by Gasteiger charge is 2.37. The first-order chi connectivity index (χ1) is 10.4. The quantitative estimate of drug-likeness (QED) is 0.499. The van der Waals surface area contributed by atoms with Gasteiger partial charge in [-0.1, -0.05) is 53.9 Å². The van der Waals surface area contributed by atoms with Gasteiger partial charge in [-0.25, -0.2) is 0 Å². The maximum Gasteiger partial charge on any atom is 0.302 e. The molecule has 0 aromatic carbocycles. The Hall–Kier alpha value is -0.570. The fourth-order valence-corrected chi connectivity index (χ4v) is 3.70. The van der Waals surface area contributed by atoms with Crippen molar-refractivity contribution in [2.75, 3.05) is 6.61 Å². The van der Waals surface area contributed by atoms with Gasteiger partial charge in [-0.3, -0.25) is 4.79 Å². The predicted molar refractivity (Wildman–Crippen MR) is 90.7 cm³/mol. The van der Waals surface area contributed by atoms with E-state index in [0.29, 0.717) is 30.3 Å². The topological polar surface area (TPSA) is 35.5 Å². The molecule has 6 unspecified atom stereocenters. The predicted octanol–water partition coefficient (Wildman–Crippen LogP) is 4.83. The largest absolute Gasteiger partial charge is 0.463 e. The Balaban J connectivity index is 2.71. The van der Waals surface area contributed by atoms with E-state index in [1.807, 2.05) is 0 Å². The maximum absolute atomic E-state index is 11.1. The molecular weight excluding hydrogens is 276 g/mol. The molecule has 1 heterocycles. The summed E-state index contributed by atoms with van der Waals surface area (Å²) in [5, 5.41) is 0. The number of unbranched alkanes of at least 4 members (excludes halogenated alkanes) is 2. The molecule has 22 heavy (non-hydrogen) atoms. The van der Waals surface area contributed by atoms with E-state index < -0.39 is 0 Å². The minimum Gasteiger partial charge on any atom is -0.463 e. The molecule has 0 aliphatic carbocycles. The van der Waals surface area contributed by atoms with Crippen molar-refractivity contribution >= 4 is 5.97 Å². The van der Waals surface area contributed by atoms with Crippen molar-refractivity contribution in [2.24, 2.45) is 23.7 Å². The lowest BCUT2D eigenvalue weighted by atomic mass is 9.77. The summed E-state index contributed by atoms with van der Waals surface area (Å²) >= 11 is 0. The zero-order valence-corrected chi connectivity index (χ0v) is 15.4. The first-order valence-electron chi connectivity index (χ1n) is 9.15. The summed E-state index contributed by atoms with van der Waals surface area (Å²) < 4.78 is 11.6. The number of rotatable bonds is 7. The fourth-order valence-electron chi connectivity index (χ4n) is 3.70. The lowest BCUT2D eigenvalue weighted by molar-refractivity contribution is -0.149. The summed E-state index contributed by atoms with van der Waals surface area (Å²) in [6, 6.07) is 0. The molecule has 0 bridgehead atoms. The fraction of sp³-hybridized carbons (Fsp3) is 0.947. The molecule has 0 radical (unpaired) electrons. The molecule has 0 aromatic rings. The molecule has 6 atom stereocenters. The summed E-state index contributed by atoms with van der Waals surface area (Å²) in [4.78, 5) is 11.1. The van der Waals surface area contributed by atoms with Gasteiger partial charge in [-0.15, -0.1) is 0 Å². The second kappa shape index (κ2) is 9.54. The molecule has 130 valence electrons. The number of carbonyl (C=O) groups excluding carboxylic acids is 1. The molecular formula is C19H36O3. The van der Waals surface area contributed by atoms with Crippen molar-refractivity contribution in [3.8, 4) is 0 Å². The third kappa shape index (κ3) is 5.91. The van der Waals surface area contributed by atoms with Crippen molar-refractivity contribution in [3.63, 3.8) is 0 Å². The highest BCUT2D eigenvalue weighted by molar-refractivity contribution is 5.65. The van der Waals surface area contributed by atoms with Crippen molar-refractivity contribution in [1.29, 1.82) is 0 Å². The molecule has 0 saturated carbocycles. The Morgan fingerprint density at radius 1 is 1.23 bits per heavy atom. The lowest BCUT2D eigenvalue weighted by Gasteiger charge is -2.33. The van der Waals surface area contributed by atoms with E-state index in [-0.39, 0.29) is 18.2 Å². The highest BCUT2D eigenvalue weighted by Crippen LogP contribution is 2.37. The summed E-state index contributed by atoms with van der Waals surface area (Å²) in [7, 11) is 0. The van der Waals surface area contributed by atoms with Crippen LogP contribution in [0.3, 0.4) is 0 Å². The van der Waals surface area contributed by atoms with Gasteiger partial charge in [0.15, 0.2) is 0 Å². The van der Waals surface area contributed by atoms with Gasteiger partial charge in [0.25, 0.3) is 0 Å². The zero-order chi connectivity index (χ0) is 16.7. The standard InChI is InChI=1S/C19H36O3/c1-7-8-9-10-13(2)19-16(5)15(4)14(3)11-18(22-19)12-21-17(6)20/h13-16,18-19H,7-12H2,1-6H3. The molecule has 1 saturated heterocycles. The van der Waals surface area contributed by atoms with Crippen molar-refractivity contribution in [1.82, 2.24) is 0 Å². The van der Waals surface area contributed by atoms with Crippen LogP contribution in [0.1, 0.15) is 73.6 Å². The first-order valence-corrected chi connectivity index (χ1v) is 9.15. The molecule has 3 heteroatoms. The van der Waals surface area contributed by atoms with Gasteiger partial charge in [0.2, 0.25) is 0 Å². The van der Waals surface area contributed by atoms with Crippen molar-refractivity contribution < 1.29 is 14.3 Å². The zero-order valence-electron chi connectivity index (χ0n) is 15.4. The third-order valence-corrected chi connectivity index (χ3v) is 5.53. The van der Waals surface area contributed by atoms with E-state index >= 15 is 0 Å². The van der Waals surface area contributed by atoms with E-state index in [4.69, 9.17) is 9.47 Å². The van der Waals surface area contributed by atoms with E-state index in [9.17, 15) is 4.79 Å². The Kier molecular flexibility index (Phi) is 8.45. The molecule has 0 aromatic heterocycles. The number of hydrogen-bond acceptors (Lipinski definition) is 3. The van der Waals surface area contributed by atoms with E-state index in [1.165, 1.54) is 32.6 Å². The van der Waals surface area contributed by atoms with Crippen LogP contribution < -0.4 is 0 Å². The van der Waals surface area contributed by atoms with Crippen LogP contribution >= 0.6 is 0 Å². The molecule has 0 spiro atoms. The minimum atomic E-state index is -0.214. The van der Waals surface area contributed by atoms with Crippen LogP contribution in [0.4, 0.5) is 0 Å². The number of esters is 1. The second-order valence-corrected chi connectivity index (χ2v) is 7.43. The van der Waals surface area contributed by atoms with Gasteiger partial charge in [0.1, 0.15) is 6.61 Å². The molecule has 0 amide bonds. The van der Waals surface area contributed by atoms with Gasteiger partial charge in [0, 0.05) is 6.92 Å². The highest BCUT2D eigenvalue weighted by atomic mass is 16.6. The number of ether oxygens (including phenoxy) is 2. The van der Waals surface area contributed by atoms with E-state index in [0.717, 1.165) is 6.42 Å². The van der Waals surface area contributed by atoms with Gasteiger partial charge >= 0.3 is 5.97 Å². The molecule has 1 fully saturated rings.